The van der Waals surface area contributed by atoms with E-state index in [2.05, 4.69) is 25.6 Å². The number of thioether (sulfide) groups is 1. The molecule has 0 radical (unpaired) electrons. The third-order valence-electron chi connectivity index (χ3n) is 3.32. The van der Waals surface area contributed by atoms with Crippen molar-refractivity contribution < 1.29 is 14.2 Å². The van der Waals surface area contributed by atoms with E-state index in [1.165, 1.54) is 23.4 Å². The van der Waals surface area contributed by atoms with E-state index in [0.717, 1.165) is 29.7 Å². The largest absolute Gasteiger partial charge is 0.446 e. The summed E-state index contributed by atoms with van der Waals surface area (Å²) in [5.41, 5.74) is 0.224. The summed E-state index contributed by atoms with van der Waals surface area (Å²) in [6.07, 6.45) is 0. The van der Waals surface area contributed by atoms with Gasteiger partial charge in [-0.15, -0.1) is 0 Å². The van der Waals surface area contributed by atoms with Crippen molar-refractivity contribution in [3.05, 3.63) is 0 Å². The van der Waals surface area contributed by atoms with Crippen molar-refractivity contribution in [2.24, 2.45) is 15.0 Å². The first-order valence-electron chi connectivity index (χ1n) is 6.83. The predicted molar refractivity (Wildman–Crippen MR) is 85.0 cm³/mol. The molecule has 0 saturated carbocycles. The number of amides is 3. The molecular formula is C12H16N7O2S+. The van der Waals surface area contributed by atoms with Crippen LogP contribution in [0.15, 0.2) is 15.0 Å². The number of urea groups is 1. The third-order valence-corrected chi connectivity index (χ3v) is 4.17. The minimum atomic E-state index is -0.417. The first-order valence-corrected chi connectivity index (χ1v) is 7.82. The molecule has 2 N–H and O–H groups in total. The van der Waals surface area contributed by atoms with Gasteiger partial charge in [-0.2, -0.15) is 14.5 Å². The SMILES string of the molecule is CN1C(=O)C2=NC(SCCNC3=NCCN3)=NC2=[N+](C)C1=O. The lowest BCUT2D eigenvalue weighted by Gasteiger charge is -2.15. The van der Waals surface area contributed by atoms with Gasteiger partial charge in [0.2, 0.25) is 5.71 Å². The molecule has 0 unspecified atom stereocenters. The van der Waals surface area contributed by atoms with Gasteiger partial charge in [-0.1, -0.05) is 16.8 Å². The molecule has 3 aliphatic heterocycles. The maximum Gasteiger partial charge on any atom is 0.446 e. The first-order chi connectivity index (χ1) is 10.6. The number of rotatable bonds is 3. The number of hydrogen-bond acceptors (Lipinski definition) is 8. The second-order valence-electron chi connectivity index (χ2n) is 4.82. The number of aliphatic imine (C=N–C) groups is 3. The zero-order chi connectivity index (χ0) is 15.7. The summed E-state index contributed by atoms with van der Waals surface area (Å²) in [6, 6.07) is -0.402. The van der Waals surface area contributed by atoms with Crippen molar-refractivity contribution in [3.63, 3.8) is 0 Å². The molecule has 116 valence electrons. The number of amidine groups is 2. The van der Waals surface area contributed by atoms with Crippen molar-refractivity contribution in [2.75, 3.05) is 39.5 Å². The van der Waals surface area contributed by atoms with Gasteiger partial charge in [0.25, 0.3) is 5.17 Å². The van der Waals surface area contributed by atoms with Crippen molar-refractivity contribution in [1.82, 2.24) is 15.5 Å². The molecule has 10 heteroatoms. The Morgan fingerprint density at radius 1 is 1.41 bits per heavy atom. The van der Waals surface area contributed by atoms with E-state index in [-0.39, 0.29) is 5.71 Å². The van der Waals surface area contributed by atoms with Gasteiger partial charge in [0.1, 0.15) is 0 Å². The number of fused-ring (bicyclic) bond motifs is 1. The normalized spacial score (nSPS) is 20.6. The fourth-order valence-corrected chi connectivity index (χ4v) is 2.84. The number of hydrogen-bond donors (Lipinski definition) is 2. The molecule has 3 amide bonds. The van der Waals surface area contributed by atoms with Gasteiger partial charge in [0.15, 0.2) is 5.96 Å². The van der Waals surface area contributed by atoms with E-state index in [1.54, 1.807) is 7.05 Å². The Balaban J connectivity index is 1.61. The monoisotopic (exact) mass is 322 g/mol. The number of carbonyl (C=O) groups is 2. The Morgan fingerprint density at radius 2 is 2.23 bits per heavy atom. The van der Waals surface area contributed by atoms with E-state index in [0.29, 0.717) is 17.5 Å². The summed E-state index contributed by atoms with van der Waals surface area (Å²) < 4.78 is 1.34. The molecule has 0 atom stereocenters. The van der Waals surface area contributed by atoms with Crippen LogP contribution in [0.25, 0.3) is 0 Å². The van der Waals surface area contributed by atoms with Crippen molar-refractivity contribution in [1.29, 1.82) is 0 Å². The molecule has 0 aliphatic carbocycles. The lowest BCUT2D eigenvalue weighted by molar-refractivity contribution is -0.401. The van der Waals surface area contributed by atoms with Crippen LogP contribution in [-0.2, 0) is 4.79 Å². The third kappa shape index (κ3) is 2.61. The number of imide groups is 1. The molecule has 9 nitrogen and oxygen atoms in total. The highest BCUT2D eigenvalue weighted by molar-refractivity contribution is 8.14. The summed E-state index contributed by atoms with van der Waals surface area (Å²) in [5.74, 6) is 1.45. The molecule has 22 heavy (non-hydrogen) atoms. The van der Waals surface area contributed by atoms with Crippen LogP contribution in [0.3, 0.4) is 0 Å². The number of nitrogens with zero attached hydrogens (tertiary/aromatic N) is 5. The zero-order valence-electron chi connectivity index (χ0n) is 12.3. The second kappa shape index (κ2) is 5.87. The van der Waals surface area contributed by atoms with E-state index in [4.69, 9.17) is 0 Å². The number of carbonyl (C=O) groups excluding carboxylic acids is 2. The van der Waals surface area contributed by atoms with Crippen molar-refractivity contribution in [3.8, 4) is 0 Å². The Morgan fingerprint density at radius 3 is 2.95 bits per heavy atom. The standard InChI is InChI=1S/C12H16N7O2S/c1-18-8-7(9(20)19(2)12(18)21)16-11(17-8)22-6-5-15-10-13-3-4-14-10/h3-6H2,1-2H3,(H2,13,14,15)/q+1. The summed E-state index contributed by atoms with van der Waals surface area (Å²) in [6.45, 7) is 2.37. The predicted octanol–water partition coefficient (Wildman–Crippen LogP) is -1.29. The quantitative estimate of drug-likeness (QED) is 0.497. The van der Waals surface area contributed by atoms with Crippen molar-refractivity contribution in [2.45, 2.75) is 0 Å². The Kier molecular flexibility index (Phi) is 3.92. The van der Waals surface area contributed by atoms with Crippen LogP contribution in [0, 0.1) is 0 Å². The number of guanidine groups is 1. The van der Waals surface area contributed by atoms with Gasteiger partial charge in [-0.05, 0) is 0 Å². The fraction of sp³-hybridized carbons (Fsp3) is 0.500. The summed E-state index contributed by atoms with van der Waals surface area (Å²) >= 11 is 1.43. The van der Waals surface area contributed by atoms with Crippen LogP contribution in [0.2, 0.25) is 0 Å². The van der Waals surface area contributed by atoms with Gasteiger partial charge in [-0.25, -0.2) is 9.59 Å². The summed E-state index contributed by atoms with van der Waals surface area (Å²) in [7, 11) is 3.02. The molecule has 3 heterocycles. The lowest BCUT2D eigenvalue weighted by Crippen LogP contribution is -2.51. The molecule has 0 bridgehead atoms. The molecule has 0 aromatic rings. The van der Waals surface area contributed by atoms with E-state index < -0.39 is 11.9 Å². The minimum Gasteiger partial charge on any atom is -0.356 e. The van der Waals surface area contributed by atoms with E-state index >= 15 is 0 Å². The van der Waals surface area contributed by atoms with Crippen LogP contribution >= 0.6 is 11.8 Å². The second-order valence-corrected chi connectivity index (χ2v) is 5.88. The zero-order valence-corrected chi connectivity index (χ0v) is 13.1. The van der Waals surface area contributed by atoms with Crippen LogP contribution in [0.5, 0.6) is 0 Å². The molecular weight excluding hydrogens is 306 g/mol. The Bertz CT molecular complexity index is 664. The molecule has 0 aromatic heterocycles. The van der Waals surface area contributed by atoms with Gasteiger partial charge in [-0.3, -0.25) is 4.99 Å². The Hall–Kier alpha value is -2.23. The molecule has 3 aliphatic rings. The van der Waals surface area contributed by atoms with E-state index in [9.17, 15) is 9.59 Å². The van der Waals surface area contributed by atoms with Crippen LogP contribution in [0.1, 0.15) is 0 Å². The highest BCUT2D eigenvalue weighted by Gasteiger charge is 2.44. The molecule has 0 saturated heterocycles. The van der Waals surface area contributed by atoms with Gasteiger partial charge < -0.3 is 10.6 Å². The smallest absolute Gasteiger partial charge is 0.356 e. The van der Waals surface area contributed by atoms with Crippen molar-refractivity contribution >= 4 is 46.4 Å². The Labute approximate surface area is 131 Å². The average Bonchev–Trinajstić information content (AvgIpc) is 3.17. The van der Waals surface area contributed by atoms with Crippen LogP contribution in [-0.4, -0.2) is 83.6 Å². The van der Waals surface area contributed by atoms with Crippen LogP contribution in [0.4, 0.5) is 4.79 Å². The summed E-state index contributed by atoms with van der Waals surface area (Å²) in [4.78, 5) is 37.6. The summed E-state index contributed by atoms with van der Waals surface area (Å²) in [5, 5.41) is 6.79. The van der Waals surface area contributed by atoms with Gasteiger partial charge >= 0.3 is 17.8 Å². The number of nitrogens with one attached hydrogen (secondary N) is 2. The van der Waals surface area contributed by atoms with Gasteiger partial charge in [0.05, 0.1) is 20.6 Å². The first kappa shape index (κ1) is 14.7. The lowest BCUT2D eigenvalue weighted by atomic mass is 10.2. The molecule has 0 aromatic carbocycles. The topological polar surface area (TPSA) is 102 Å². The minimum absolute atomic E-state index is 0.224. The highest BCUT2D eigenvalue weighted by atomic mass is 32.2. The highest BCUT2D eigenvalue weighted by Crippen LogP contribution is 2.16. The van der Waals surface area contributed by atoms with E-state index in [1.807, 2.05) is 0 Å². The maximum absolute atomic E-state index is 12.0. The van der Waals surface area contributed by atoms with Crippen LogP contribution < -0.4 is 10.6 Å². The molecule has 3 rings (SSSR count). The average molecular weight is 322 g/mol. The molecule has 0 fully saturated rings. The molecule has 0 spiro atoms. The maximum atomic E-state index is 12.0. The fourth-order valence-electron chi connectivity index (χ4n) is 2.15. The van der Waals surface area contributed by atoms with Gasteiger partial charge in [0, 0.05) is 18.8 Å².